The van der Waals surface area contributed by atoms with Gasteiger partial charge in [0.1, 0.15) is 0 Å². The lowest BCUT2D eigenvalue weighted by atomic mass is 9.73. The molecule has 0 bridgehead atoms. The lowest BCUT2D eigenvalue weighted by Crippen LogP contribution is -2.30. The molecule has 0 unspecified atom stereocenters. The average Bonchev–Trinajstić information content (AvgIpc) is 3.20. The summed E-state index contributed by atoms with van der Waals surface area (Å²) in [5, 5.41) is 13.8. The molecule has 0 saturated heterocycles. The molecular formula is C24H23NO4. The van der Waals surface area contributed by atoms with Crippen molar-refractivity contribution < 1.29 is 19.3 Å². The number of rotatable bonds is 3. The summed E-state index contributed by atoms with van der Waals surface area (Å²) in [5.74, 6) is 2.50. The Kier molecular flexibility index (Phi) is 4.23. The summed E-state index contributed by atoms with van der Waals surface area (Å²) >= 11 is 0. The van der Waals surface area contributed by atoms with Crippen molar-refractivity contribution in [3.05, 3.63) is 77.4 Å². The Hall–Kier alpha value is -3.34. The Morgan fingerprint density at radius 1 is 0.966 bits per heavy atom. The lowest BCUT2D eigenvalue weighted by molar-refractivity contribution is 0.174. The summed E-state index contributed by atoms with van der Waals surface area (Å²) < 4.78 is 16.6. The molecule has 148 valence electrons. The largest absolute Gasteiger partial charge is 0.504 e. The van der Waals surface area contributed by atoms with E-state index in [1.165, 1.54) is 5.56 Å². The lowest BCUT2D eigenvalue weighted by Gasteiger charge is -2.40. The van der Waals surface area contributed by atoms with E-state index in [4.69, 9.17) is 14.2 Å². The predicted molar refractivity (Wildman–Crippen MR) is 111 cm³/mol. The number of anilines is 1. The maximum absolute atomic E-state index is 10.1. The van der Waals surface area contributed by atoms with Crippen molar-refractivity contribution in [1.29, 1.82) is 0 Å². The van der Waals surface area contributed by atoms with Gasteiger partial charge in [0.2, 0.25) is 6.79 Å². The molecule has 2 aliphatic heterocycles. The summed E-state index contributed by atoms with van der Waals surface area (Å²) in [4.78, 5) is 0. The summed E-state index contributed by atoms with van der Waals surface area (Å²) in [7, 11) is 1.57. The zero-order valence-electron chi connectivity index (χ0n) is 16.4. The van der Waals surface area contributed by atoms with Gasteiger partial charge >= 0.3 is 0 Å². The third-order valence-corrected chi connectivity index (χ3v) is 5.96. The topological polar surface area (TPSA) is 60.0 Å². The van der Waals surface area contributed by atoms with Crippen molar-refractivity contribution in [2.75, 3.05) is 19.2 Å². The second-order valence-corrected chi connectivity index (χ2v) is 7.59. The van der Waals surface area contributed by atoms with E-state index in [1.54, 1.807) is 13.2 Å². The number of benzene rings is 3. The fourth-order valence-corrected chi connectivity index (χ4v) is 4.53. The molecule has 5 nitrogen and oxygen atoms in total. The van der Waals surface area contributed by atoms with Crippen molar-refractivity contribution in [3.63, 3.8) is 0 Å². The predicted octanol–water partition coefficient (Wildman–Crippen LogP) is 5.06. The summed E-state index contributed by atoms with van der Waals surface area (Å²) in [6, 6.07) is 20.3. The number of phenolic OH excluding ortho intramolecular Hbond substituents is 1. The monoisotopic (exact) mass is 389 g/mol. The molecule has 3 atom stereocenters. The van der Waals surface area contributed by atoms with Crippen LogP contribution >= 0.6 is 0 Å². The molecule has 0 spiro atoms. The van der Waals surface area contributed by atoms with Crippen LogP contribution in [0.25, 0.3) is 0 Å². The van der Waals surface area contributed by atoms with E-state index in [1.807, 2.05) is 24.3 Å². The van der Waals surface area contributed by atoms with Gasteiger partial charge in [0, 0.05) is 17.7 Å². The Bertz CT molecular complexity index is 1050. The number of hydrogen-bond acceptors (Lipinski definition) is 5. The number of nitrogens with one attached hydrogen (secondary N) is 1. The molecule has 0 aromatic heterocycles. The smallest absolute Gasteiger partial charge is 0.231 e. The van der Waals surface area contributed by atoms with Crippen LogP contribution in [0.3, 0.4) is 0 Å². The third-order valence-electron chi connectivity index (χ3n) is 5.96. The van der Waals surface area contributed by atoms with Crippen LogP contribution in [0.5, 0.6) is 23.0 Å². The van der Waals surface area contributed by atoms with Crippen LogP contribution in [0.15, 0.2) is 60.7 Å². The molecule has 2 heterocycles. The van der Waals surface area contributed by atoms with E-state index in [2.05, 4.69) is 42.6 Å². The quantitative estimate of drug-likeness (QED) is 0.655. The highest BCUT2D eigenvalue weighted by molar-refractivity contribution is 5.67. The van der Waals surface area contributed by atoms with Gasteiger partial charge in [-0.05, 0) is 40.8 Å². The van der Waals surface area contributed by atoms with Crippen LogP contribution in [0.2, 0.25) is 0 Å². The molecule has 0 radical (unpaired) electrons. The van der Waals surface area contributed by atoms with Crippen LogP contribution in [0, 0.1) is 5.92 Å². The minimum atomic E-state index is 0.0976. The number of fused-ring (bicyclic) bond motifs is 2. The van der Waals surface area contributed by atoms with E-state index >= 15 is 0 Å². The Labute approximate surface area is 169 Å². The van der Waals surface area contributed by atoms with Gasteiger partial charge in [0.25, 0.3) is 0 Å². The first-order valence-corrected chi connectivity index (χ1v) is 9.77. The molecule has 29 heavy (non-hydrogen) atoms. The second kappa shape index (κ2) is 6.92. The first-order valence-electron chi connectivity index (χ1n) is 9.77. The van der Waals surface area contributed by atoms with Crippen LogP contribution < -0.4 is 19.5 Å². The highest BCUT2D eigenvalue weighted by Crippen LogP contribution is 2.51. The van der Waals surface area contributed by atoms with Crippen molar-refractivity contribution in [2.24, 2.45) is 5.92 Å². The van der Waals surface area contributed by atoms with Gasteiger partial charge in [-0.15, -0.1) is 0 Å². The summed E-state index contributed by atoms with van der Waals surface area (Å²) in [6.07, 6.45) is 0. The number of hydrogen-bond donors (Lipinski definition) is 2. The van der Waals surface area contributed by atoms with Gasteiger partial charge in [0.05, 0.1) is 13.2 Å². The van der Waals surface area contributed by atoms with Gasteiger partial charge in [-0.3, -0.25) is 0 Å². The maximum Gasteiger partial charge on any atom is 0.231 e. The average molecular weight is 389 g/mol. The van der Waals surface area contributed by atoms with E-state index in [0.29, 0.717) is 5.75 Å². The van der Waals surface area contributed by atoms with Gasteiger partial charge < -0.3 is 24.6 Å². The number of ether oxygens (including phenoxy) is 3. The van der Waals surface area contributed by atoms with Gasteiger partial charge in [0.15, 0.2) is 23.0 Å². The van der Waals surface area contributed by atoms with Gasteiger partial charge in [-0.2, -0.15) is 0 Å². The summed E-state index contributed by atoms with van der Waals surface area (Å²) in [6.45, 7) is 2.50. The standard InChI is InChI=1S/C24H23NO4/c1-14-23(16-8-9-19(26)20(10-16)27-2)17-11-21-22(29-13-28-21)12-18(17)25-24(14)15-6-4-3-5-7-15/h3-12,14,23-26H,13H2,1-2H3/t14-,23+,24-/m1/s1. The van der Waals surface area contributed by atoms with Crippen molar-refractivity contribution >= 4 is 5.69 Å². The van der Waals surface area contributed by atoms with Crippen LogP contribution in [-0.2, 0) is 0 Å². The molecule has 5 heteroatoms. The van der Waals surface area contributed by atoms with Crippen LogP contribution in [0.1, 0.15) is 35.6 Å². The van der Waals surface area contributed by atoms with Gasteiger partial charge in [-0.1, -0.05) is 43.3 Å². The van der Waals surface area contributed by atoms with Gasteiger partial charge in [-0.25, -0.2) is 0 Å². The highest BCUT2D eigenvalue weighted by Gasteiger charge is 2.37. The van der Waals surface area contributed by atoms with Crippen LogP contribution in [-0.4, -0.2) is 19.0 Å². The first-order chi connectivity index (χ1) is 14.2. The maximum atomic E-state index is 10.1. The molecule has 5 rings (SSSR count). The Morgan fingerprint density at radius 2 is 1.72 bits per heavy atom. The van der Waals surface area contributed by atoms with E-state index in [9.17, 15) is 5.11 Å². The van der Waals surface area contributed by atoms with Crippen molar-refractivity contribution in [1.82, 2.24) is 0 Å². The Balaban J connectivity index is 1.67. The molecule has 0 aliphatic carbocycles. The minimum absolute atomic E-state index is 0.0976. The van der Waals surface area contributed by atoms with E-state index < -0.39 is 0 Å². The zero-order chi connectivity index (χ0) is 20.0. The fourth-order valence-electron chi connectivity index (χ4n) is 4.53. The highest BCUT2D eigenvalue weighted by atomic mass is 16.7. The molecule has 0 fully saturated rings. The molecule has 0 saturated carbocycles. The zero-order valence-corrected chi connectivity index (χ0v) is 16.4. The van der Waals surface area contributed by atoms with Crippen molar-refractivity contribution in [2.45, 2.75) is 18.9 Å². The minimum Gasteiger partial charge on any atom is -0.504 e. The van der Waals surface area contributed by atoms with E-state index in [0.717, 1.165) is 28.3 Å². The van der Waals surface area contributed by atoms with E-state index in [-0.39, 0.29) is 30.4 Å². The second-order valence-electron chi connectivity index (χ2n) is 7.59. The SMILES string of the molecule is COc1cc([C@H]2c3cc4c(cc3N[C@@H](c3ccccc3)[C@@H]2C)OCO4)ccc1O. The molecule has 3 aromatic rings. The fraction of sp³-hybridized carbons (Fsp3) is 0.250. The van der Waals surface area contributed by atoms with Crippen molar-refractivity contribution in [3.8, 4) is 23.0 Å². The molecule has 2 aliphatic rings. The first kappa shape index (κ1) is 17.7. The summed E-state index contributed by atoms with van der Waals surface area (Å²) in [5.41, 5.74) is 4.52. The van der Waals surface area contributed by atoms with Crippen LogP contribution in [0.4, 0.5) is 5.69 Å². The normalized spacial score (nSPS) is 21.9. The third kappa shape index (κ3) is 2.94. The Morgan fingerprint density at radius 3 is 2.48 bits per heavy atom. The number of methoxy groups -OCH3 is 1. The molecular weight excluding hydrogens is 366 g/mol. The molecule has 2 N–H and O–H groups in total. The molecule has 0 amide bonds. The number of phenols is 1. The number of aromatic hydroxyl groups is 1. The molecule has 3 aromatic carbocycles.